The number of fused-ring (bicyclic) bond motifs is 1. The Morgan fingerprint density at radius 2 is 1.83 bits per heavy atom. The first-order valence-corrected chi connectivity index (χ1v) is 7.23. The van der Waals surface area contributed by atoms with E-state index in [0.717, 1.165) is 16.3 Å². The van der Waals surface area contributed by atoms with Crippen LogP contribution in [0.15, 0.2) is 71.8 Å². The lowest BCUT2D eigenvalue weighted by Gasteiger charge is -2.04. The maximum absolute atomic E-state index is 12.1. The van der Waals surface area contributed by atoms with Crippen LogP contribution in [0.25, 0.3) is 10.8 Å². The van der Waals surface area contributed by atoms with Crippen molar-refractivity contribution in [3.05, 3.63) is 77.9 Å². The summed E-state index contributed by atoms with van der Waals surface area (Å²) in [5, 5.41) is 6.28. The summed E-state index contributed by atoms with van der Waals surface area (Å²) in [6.45, 7) is 0. The molecule has 4 heteroatoms. The molecule has 0 aliphatic carbocycles. The first-order valence-electron chi connectivity index (χ1n) is 7.23. The van der Waals surface area contributed by atoms with Crippen LogP contribution in [0.5, 0.6) is 5.75 Å². The molecule has 0 fully saturated rings. The van der Waals surface area contributed by atoms with Crippen LogP contribution in [-0.2, 0) is 0 Å². The summed E-state index contributed by atoms with van der Waals surface area (Å²) in [7, 11) is 1.57. The number of hydrazone groups is 1. The van der Waals surface area contributed by atoms with Gasteiger partial charge in [0.25, 0.3) is 5.91 Å². The fourth-order valence-corrected chi connectivity index (χ4v) is 2.35. The molecule has 4 nitrogen and oxygen atoms in total. The third-order valence-electron chi connectivity index (χ3n) is 3.53. The van der Waals surface area contributed by atoms with Crippen molar-refractivity contribution >= 4 is 22.9 Å². The molecule has 0 unspecified atom stereocenters. The zero-order valence-corrected chi connectivity index (χ0v) is 12.7. The minimum atomic E-state index is -0.277. The van der Waals surface area contributed by atoms with Crippen LogP contribution < -0.4 is 10.2 Å². The fraction of sp³-hybridized carbons (Fsp3) is 0.0526. The molecule has 1 N–H and O–H groups in total. The molecule has 0 atom stereocenters. The predicted octanol–water partition coefficient (Wildman–Crippen LogP) is 3.61. The average molecular weight is 304 g/mol. The van der Waals surface area contributed by atoms with Crippen LogP contribution in [0, 0.1) is 0 Å². The zero-order valence-electron chi connectivity index (χ0n) is 12.7. The molecule has 3 rings (SSSR count). The highest BCUT2D eigenvalue weighted by molar-refractivity contribution is 6.00. The van der Waals surface area contributed by atoms with Crippen molar-refractivity contribution in [2.24, 2.45) is 5.10 Å². The highest BCUT2D eigenvalue weighted by Crippen LogP contribution is 2.16. The maximum atomic E-state index is 12.1. The van der Waals surface area contributed by atoms with Crippen molar-refractivity contribution in [2.75, 3.05) is 7.11 Å². The number of nitrogens with one attached hydrogen (secondary N) is 1. The van der Waals surface area contributed by atoms with Gasteiger partial charge >= 0.3 is 0 Å². The summed E-state index contributed by atoms with van der Waals surface area (Å²) < 4.78 is 5.11. The Morgan fingerprint density at radius 3 is 2.70 bits per heavy atom. The summed E-state index contributed by atoms with van der Waals surface area (Å²) in [6, 6.07) is 21.0. The largest absolute Gasteiger partial charge is 0.497 e. The van der Waals surface area contributed by atoms with E-state index in [-0.39, 0.29) is 5.91 Å². The number of carbonyl (C=O) groups excluding carboxylic acids is 1. The van der Waals surface area contributed by atoms with E-state index in [0.29, 0.717) is 11.3 Å². The first kappa shape index (κ1) is 14.8. The quantitative estimate of drug-likeness (QED) is 0.591. The Labute approximate surface area is 134 Å². The molecule has 0 aliphatic rings. The monoisotopic (exact) mass is 304 g/mol. The molecule has 0 radical (unpaired) electrons. The van der Waals surface area contributed by atoms with Crippen LogP contribution in [-0.4, -0.2) is 19.2 Å². The smallest absolute Gasteiger partial charge is 0.271 e. The van der Waals surface area contributed by atoms with Crippen LogP contribution in [0.3, 0.4) is 0 Å². The minimum absolute atomic E-state index is 0.277. The molecule has 0 spiro atoms. The summed E-state index contributed by atoms with van der Waals surface area (Å²) in [4.78, 5) is 12.1. The molecular formula is C19H16N2O2. The molecule has 0 saturated carbocycles. The minimum Gasteiger partial charge on any atom is -0.497 e. The SMILES string of the molecule is COc1cccc(C(=O)N/N=C\c2cccc3ccccc23)c1. The van der Waals surface area contributed by atoms with Crippen molar-refractivity contribution in [3.63, 3.8) is 0 Å². The zero-order chi connectivity index (χ0) is 16.1. The number of rotatable bonds is 4. The van der Waals surface area contributed by atoms with Gasteiger partial charge in [0, 0.05) is 11.1 Å². The molecule has 0 heterocycles. The summed E-state index contributed by atoms with van der Waals surface area (Å²) in [5.74, 6) is 0.357. The molecule has 0 saturated heterocycles. The highest BCUT2D eigenvalue weighted by Gasteiger charge is 2.05. The van der Waals surface area contributed by atoms with E-state index in [2.05, 4.69) is 10.5 Å². The topological polar surface area (TPSA) is 50.7 Å². The van der Waals surface area contributed by atoms with E-state index in [1.54, 1.807) is 37.6 Å². The van der Waals surface area contributed by atoms with E-state index in [1.807, 2.05) is 42.5 Å². The van der Waals surface area contributed by atoms with E-state index in [1.165, 1.54) is 0 Å². The van der Waals surface area contributed by atoms with Crippen LogP contribution in [0.4, 0.5) is 0 Å². The Hall–Kier alpha value is -3.14. The Kier molecular flexibility index (Phi) is 4.34. The van der Waals surface area contributed by atoms with Gasteiger partial charge in [0.05, 0.1) is 13.3 Å². The number of benzene rings is 3. The number of ether oxygens (including phenoxy) is 1. The van der Waals surface area contributed by atoms with E-state index in [9.17, 15) is 4.79 Å². The lowest BCUT2D eigenvalue weighted by Crippen LogP contribution is -2.17. The molecule has 1 amide bonds. The Bertz CT molecular complexity index is 867. The van der Waals surface area contributed by atoms with Gasteiger partial charge in [-0.1, -0.05) is 48.5 Å². The van der Waals surface area contributed by atoms with Gasteiger partial charge in [-0.25, -0.2) is 5.43 Å². The molecule has 0 aliphatic heterocycles. The second-order valence-electron chi connectivity index (χ2n) is 5.00. The number of hydrogen-bond acceptors (Lipinski definition) is 3. The lowest BCUT2D eigenvalue weighted by molar-refractivity contribution is 0.0955. The second-order valence-corrected chi connectivity index (χ2v) is 5.00. The summed E-state index contributed by atoms with van der Waals surface area (Å²) >= 11 is 0. The molecule has 3 aromatic rings. The van der Waals surface area contributed by atoms with E-state index >= 15 is 0 Å². The first-order chi connectivity index (χ1) is 11.3. The second kappa shape index (κ2) is 6.75. The number of amides is 1. The van der Waals surface area contributed by atoms with Gasteiger partial charge in [-0.15, -0.1) is 0 Å². The average Bonchev–Trinajstić information content (AvgIpc) is 2.62. The van der Waals surface area contributed by atoms with Crippen molar-refractivity contribution in [1.29, 1.82) is 0 Å². The van der Waals surface area contributed by atoms with Crippen molar-refractivity contribution < 1.29 is 9.53 Å². The van der Waals surface area contributed by atoms with Crippen LogP contribution in [0.1, 0.15) is 15.9 Å². The standard InChI is InChI=1S/C19H16N2O2/c1-23-17-10-5-8-15(12-17)19(22)21-20-13-16-9-4-7-14-6-2-3-11-18(14)16/h2-13H,1H3,(H,21,22)/b20-13-. The highest BCUT2D eigenvalue weighted by atomic mass is 16.5. The van der Waals surface area contributed by atoms with E-state index in [4.69, 9.17) is 4.74 Å². The van der Waals surface area contributed by atoms with Gasteiger partial charge in [-0.3, -0.25) is 4.79 Å². The number of hydrogen-bond donors (Lipinski definition) is 1. The van der Waals surface area contributed by atoms with Crippen LogP contribution >= 0.6 is 0 Å². The molecule has 0 bridgehead atoms. The van der Waals surface area contributed by atoms with Gasteiger partial charge in [0.1, 0.15) is 5.75 Å². The van der Waals surface area contributed by atoms with Gasteiger partial charge in [0.2, 0.25) is 0 Å². The van der Waals surface area contributed by atoms with Gasteiger partial charge < -0.3 is 4.74 Å². The van der Waals surface area contributed by atoms with Crippen molar-refractivity contribution in [3.8, 4) is 5.75 Å². The fourth-order valence-electron chi connectivity index (χ4n) is 2.35. The molecule has 3 aromatic carbocycles. The van der Waals surface area contributed by atoms with Crippen molar-refractivity contribution in [1.82, 2.24) is 5.43 Å². The summed E-state index contributed by atoms with van der Waals surface area (Å²) in [5.41, 5.74) is 3.99. The molecule has 0 aromatic heterocycles. The normalized spacial score (nSPS) is 10.8. The number of carbonyl (C=O) groups is 1. The third kappa shape index (κ3) is 3.37. The van der Waals surface area contributed by atoms with E-state index < -0.39 is 0 Å². The van der Waals surface area contributed by atoms with Crippen LogP contribution in [0.2, 0.25) is 0 Å². The number of methoxy groups -OCH3 is 1. The summed E-state index contributed by atoms with van der Waals surface area (Å²) in [6.07, 6.45) is 1.65. The molecule has 23 heavy (non-hydrogen) atoms. The predicted molar refractivity (Wildman–Crippen MR) is 92.0 cm³/mol. The van der Waals surface area contributed by atoms with Crippen molar-refractivity contribution in [2.45, 2.75) is 0 Å². The third-order valence-corrected chi connectivity index (χ3v) is 3.53. The Balaban J connectivity index is 1.76. The maximum Gasteiger partial charge on any atom is 0.271 e. The number of nitrogens with zero attached hydrogens (tertiary/aromatic N) is 1. The van der Waals surface area contributed by atoms with Gasteiger partial charge in [-0.2, -0.15) is 5.10 Å². The van der Waals surface area contributed by atoms with Gasteiger partial charge in [-0.05, 0) is 29.0 Å². The van der Waals surface area contributed by atoms with Gasteiger partial charge in [0.15, 0.2) is 0 Å². The molecule has 114 valence electrons. The molecular weight excluding hydrogens is 288 g/mol. The Morgan fingerprint density at radius 1 is 1.04 bits per heavy atom. The lowest BCUT2D eigenvalue weighted by atomic mass is 10.1.